The minimum absolute atomic E-state index is 0.0606. The van der Waals surface area contributed by atoms with Gasteiger partial charge in [0.25, 0.3) is 5.91 Å². The fourth-order valence-electron chi connectivity index (χ4n) is 3.32. The van der Waals surface area contributed by atoms with E-state index in [-0.39, 0.29) is 11.7 Å². The number of aryl methyl sites for hydroxylation is 1. The van der Waals surface area contributed by atoms with Crippen LogP contribution in [0.1, 0.15) is 36.2 Å². The van der Waals surface area contributed by atoms with E-state index in [1.165, 1.54) is 0 Å². The van der Waals surface area contributed by atoms with Crippen molar-refractivity contribution < 1.29 is 15.0 Å². The first-order valence-corrected chi connectivity index (χ1v) is 9.46. The van der Waals surface area contributed by atoms with Gasteiger partial charge >= 0.3 is 0 Å². The molecule has 0 saturated carbocycles. The van der Waals surface area contributed by atoms with Crippen molar-refractivity contribution in [1.82, 2.24) is 4.90 Å². The number of phenolic OH excluding ortho intramolecular Hbond substituents is 1. The molecule has 5 heteroatoms. The van der Waals surface area contributed by atoms with E-state index in [9.17, 15) is 15.0 Å². The molecule has 1 fully saturated rings. The molecule has 2 N–H and O–H groups in total. The van der Waals surface area contributed by atoms with Crippen molar-refractivity contribution in [2.45, 2.75) is 32.3 Å². The number of rotatable bonds is 5. The van der Waals surface area contributed by atoms with Crippen molar-refractivity contribution in [3.8, 4) is 5.75 Å². The second-order valence-electron chi connectivity index (χ2n) is 7.81. The van der Waals surface area contributed by atoms with Crippen LogP contribution in [0, 0.1) is 0 Å². The van der Waals surface area contributed by atoms with Crippen LogP contribution in [-0.2, 0) is 6.42 Å². The second kappa shape index (κ2) is 8.01. The number of benzene rings is 2. The van der Waals surface area contributed by atoms with Crippen molar-refractivity contribution in [2.75, 3.05) is 31.1 Å². The molecule has 0 aliphatic carbocycles. The molecule has 3 rings (SSSR count). The van der Waals surface area contributed by atoms with Gasteiger partial charge in [-0.05, 0) is 68.7 Å². The van der Waals surface area contributed by atoms with Gasteiger partial charge in [-0.15, -0.1) is 0 Å². The Kier molecular flexibility index (Phi) is 5.71. The highest BCUT2D eigenvalue weighted by molar-refractivity contribution is 5.94. The van der Waals surface area contributed by atoms with E-state index in [2.05, 4.69) is 4.90 Å². The van der Waals surface area contributed by atoms with Crippen LogP contribution < -0.4 is 4.90 Å². The summed E-state index contributed by atoms with van der Waals surface area (Å²) in [4.78, 5) is 17.0. The summed E-state index contributed by atoms with van der Waals surface area (Å²) in [5.41, 5.74) is 2.14. The first-order valence-electron chi connectivity index (χ1n) is 9.46. The number of carbonyl (C=O) groups excluding carboxylic acids is 1. The maximum atomic E-state index is 12.9. The number of nitrogens with zero attached hydrogens (tertiary/aromatic N) is 2. The molecule has 27 heavy (non-hydrogen) atoms. The van der Waals surface area contributed by atoms with E-state index >= 15 is 0 Å². The van der Waals surface area contributed by atoms with Gasteiger partial charge < -0.3 is 20.0 Å². The Balaban J connectivity index is 1.59. The predicted molar refractivity (Wildman–Crippen MR) is 107 cm³/mol. The SMILES string of the molecule is CC(C)(O)CCc1cccc(C(=O)N2CCN(c3ccc(O)cc3)CC2)c1. The summed E-state index contributed by atoms with van der Waals surface area (Å²) in [6, 6.07) is 14.9. The smallest absolute Gasteiger partial charge is 0.253 e. The molecule has 2 aromatic carbocycles. The van der Waals surface area contributed by atoms with Crippen LogP contribution >= 0.6 is 0 Å². The van der Waals surface area contributed by atoms with Gasteiger partial charge in [0.1, 0.15) is 5.75 Å². The predicted octanol–water partition coefficient (Wildman–Crippen LogP) is 3.06. The molecule has 5 nitrogen and oxygen atoms in total. The van der Waals surface area contributed by atoms with E-state index in [1.807, 2.05) is 41.3 Å². The third-order valence-corrected chi connectivity index (χ3v) is 4.98. The van der Waals surface area contributed by atoms with Crippen LogP contribution in [0.15, 0.2) is 48.5 Å². The Bertz CT molecular complexity index is 773. The van der Waals surface area contributed by atoms with Crippen LogP contribution in [0.25, 0.3) is 0 Å². The molecule has 2 aromatic rings. The Morgan fingerprint density at radius 1 is 1.04 bits per heavy atom. The number of carbonyl (C=O) groups is 1. The zero-order chi connectivity index (χ0) is 19.4. The van der Waals surface area contributed by atoms with Gasteiger partial charge in [0.2, 0.25) is 0 Å². The van der Waals surface area contributed by atoms with E-state index < -0.39 is 5.60 Å². The fourth-order valence-corrected chi connectivity index (χ4v) is 3.32. The van der Waals surface area contributed by atoms with Crippen LogP contribution in [0.4, 0.5) is 5.69 Å². The van der Waals surface area contributed by atoms with Crippen molar-refractivity contribution in [1.29, 1.82) is 0 Å². The summed E-state index contributed by atoms with van der Waals surface area (Å²) < 4.78 is 0. The lowest BCUT2D eigenvalue weighted by Crippen LogP contribution is -2.48. The van der Waals surface area contributed by atoms with Gasteiger partial charge in [-0.3, -0.25) is 4.79 Å². The van der Waals surface area contributed by atoms with Crippen molar-refractivity contribution in [3.05, 3.63) is 59.7 Å². The summed E-state index contributed by atoms with van der Waals surface area (Å²) in [5, 5.41) is 19.3. The fraction of sp³-hybridized carbons (Fsp3) is 0.409. The summed E-state index contributed by atoms with van der Waals surface area (Å²) >= 11 is 0. The van der Waals surface area contributed by atoms with Gasteiger partial charge in [0.15, 0.2) is 0 Å². The summed E-state index contributed by atoms with van der Waals surface area (Å²) in [6.07, 6.45) is 1.41. The number of anilines is 1. The molecule has 0 unspecified atom stereocenters. The number of hydrogen-bond donors (Lipinski definition) is 2. The Hall–Kier alpha value is -2.53. The number of piperazine rings is 1. The van der Waals surface area contributed by atoms with E-state index in [1.54, 1.807) is 26.0 Å². The van der Waals surface area contributed by atoms with Crippen molar-refractivity contribution >= 4 is 11.6 Å². The molecule has 1 aliphatic heterocycles. The highest BCUT2D eigenvalue weighted by Gasteiger charge is 2.22. The van der Waals surface area contributed by atoms with E-state index in [4.69, 9.17) is 0 Å². The Morgan fingerprint density at radius 2 is 1.70 bits per heavy atom. The van der Waals surface area contributed by atoms with Crippen LogP contribution in [-0.4, -0.2) is 52.8 Å². The van der Waals surface area contributed by atoms with Crippen LogP contribution in [0.3, 0.4) is 0 Å². The minimum Gasteiger partial charge on any atom is -0.508 e. The molecule has 0 radical (unpaired) electrons. The molecule has 1 heterocycles. The third kappa shape index (κ3) is 5.23. The minimum atomic E-state index is -0.704. The first-order chi connectivity index (χ1) is 12.8. The molecule has 0 atom stereocenters. The number of phenols is 1. The second-order valence-corrected chi connectivity index (χ2v) is 7.81. The first kappa shape index (κ1) is 19.2. The largest absolute Gasteiger partial charge is 0.508 e. The molecule has 1 amide bonds. The lowest BCUT2D eigenvalue weighted by atomic mass is 9.97. The summed E-state index contributed by atoms with van der Waals surface area (Å²) in [7, 11) is 0. The molecule has 1 saturated heterocycles. The lowest BCUT2D eigenvalue weighted by Gasteiger charge is -2.36. The maximum absolute atomic E-state index is 12.9. The zero-order valence-corrected chi connectivity index (χ0v) is 16.1. The van der Waals surface area contributed by atoms with Gasteiger partial charge in [-0.1, -0.05) is 12.1 Å². The van der Waals surface area contributed by atoms with Crippen molar-refractivity contribution in [3.63, 3.8) is 0 Å². The molecule has 0 aromatic heterocycles. The maximum Gasteiger partial charge on any atom is 0.253 e. The van der Waals surface area contributed by atoms with E-state index in [0.29, 0.717) is 25.1 Å². The molecule has 1 aliphatic rings. The average Bonchev–Trinajstić information content (AvgIpc) is 2.66. The average molecular weight is 368 g/mol. The summed E-state index contributed by atoms with van der Waals surface area (Å²) in [5.74, 6) is 0.322. The number of hydrogen-bond acceptors (Lipinski definition) is 4. The molecule has 0 bridgehead atoms. The van der Waals surface area contributed by atoms with Gasteiger partial charge in [-0.2, -0.15) is 0 Å². The van der Waals surface area contributed by atoms with E-state index in [0.717, 1.165) is 30.8 Å². The molecular weight excluding hydrogens is 340 g/mol. The Labute approximate surface area is 160 Å². The molecule has 144 valence electrons. The number of aliphatic hydroxyl groups is 1. The lowest BCUT2D eigenvalue weighted by molar-refractivity contribution is 0.0714. The number of aromatic hydroxyl groups is 1. The third-order valence-electron chi connectivity index (χ3n) is 4.98. The summed E-state index contributed by atoms with van der Waals surface area (Å²) in [6.45, 7) is 6.50. The monoisotopic (exact) mass is 368 g/mol. The topological polar surface area (TPSA) is 64.0 Å². The van der Waals surface area contributed by atoms with Crippen LogP contribution in [0.2, 0.25) is 0 Å². The quantitative estimate of drug-likeness (QED) is 0.851. The van der Waals surface area contributed by atoms with Crippen LogP contribution in [0.5, 0.6) is 5.75 Å². The normalized spacial score (nSPS) is 15.1. The molecule has 0 spiro atoms. The molecular formula is C22H28N2O3. The highest BCUT2D eigenvalue weighted by atomic mass is 16.3. The Morgan fingerprint density at radius 3 is 2.33 bits per heavy atom. The van der Waals surface area contributed by atoms with Crippen molar-refractivity contribution in [2.24, 2.45) is 0 Å². The standard InChI is InChI=1S/C22H28N2O3/c1-22(2,27)11-10-17-4-3-5-18(16-17)21(26)24-14-12-23(13-15-24)19-6-8-20(25)9-7-19/h3-9,16,25,27H,10-15H2,1-2H3. The highest BCUT2D eigenvalue weighted by Crippen LogP contribution is 2.21. The number of amides is 1. The van der Waals surface area contributed by atoms with Gasteiger partial charge in [0, 0.05) is 37.4 Å². The zero-order valence-electron chi connectivity index (χ0n) is 16.1. The van der Waals surface area contributed by atoms with Gasteiger partial charge in [0.05, 0.1) is 5.60 Å². The van der Waals surface area contributed by atoms with Gasteiger partial charge in [-0.25, -0.2) is 0 Å².